The van der Waals surface area contributed by atoms with Gasteiger partial charge in [-0.05, 0) is 35.7 Å². The second-order valence-corrected chi connectivity index (χ2v) is 6.75. The molecule has 1 heterocycles. The van der Waals surface area contributed by atoms with Gasteiger partial charge < -0.3 is 5.11 Å². The van der Waals surface area contributed by atoms with Gasteiger partial charge in [-0.25, -0.2) is 0 Å². The van der Waals surface area contributed by atoms with Crippen molar-refractivity contribution in [2.45, 2.75) is 39.6 Å². The first-order valence-corrected chi connectivity index (χ1v) is 7.95. The van der Waals surface area contributed by atoms with Crippen LogP contribution in [0.4, 0.5) is 0 Å². The maximum Gasteiger partial charge on any atom is 0.185 e. The van der Waals surface area contributed by atoms with Crippen molar-refractivity contribution in [3.8, 4) is 0 Å². The Morgan fingerprint density at radius 1 is 1.33 bits per heavy atom. The van der Waals surface area contributed by atoms with Crippen molar-refractivity contribution in [3.63, 3.8) is 0 Å². The maximum atomic E-state index is 10.2. The van der Waals surface area contributed by atoms with E-state index in [0.29, 0.717) is 17.9 Å². The van der Waals surface area contributed by atoms with E-state index in [1.807, 2.05) is 30.3 Å². The molecule has 4 atom stereocenters. The van der Waals surface area contributed by atoms with Crippen LogP contribution in [-0.4, -0.2) is 29.4 Å². The van der Waals surface area contributed by atoms with Crippen LogP contribution in [0.25, 0.3) is 0 Å². The Morgan fingerprint density at radius 3 is 2.67 bits per heavy atom. The van der Waals surface area contributed by atoms with Crippen molar-refractivity contribution in [3.05, 3.63) is 35.9 Å². The molecule has 21 heavy (non-hydrogen) atoms. The van der Waals surface area contributed by atoms with Crippen LogP contribution in [0.2, 0.25) is 0 Å². The second kappa shape index (κ2) is 6.05. The van der Waals surface area contributed by atoms with E-state index in [1.165, 1.54) is 12.8 Å². The number of benzene rings is 1. The van der Waals surface area contributed by atoms with Crippen molar-refractivity contribution in [2.24, 2.45) is 17.3 Å². The van der Waals surface area contributed by atoms with Gasteiger partial charge in [0.1, 0.15) is 0 Å². The van der Waals surface area contributed by atoms with Crippen molar-refractivity contribution < 1.29 is 9.94 Å². The summed E-state index contributed by atoms with van der Waals surface area (Å²) >= 11 is 0. The number of nitrogens with zero attached hydrogens (tertiary/aromatic N) is 1. The van der Waals surface area contributed by atoms with E-state index in [1.54, 1.807) is 0 Å². The minimum Gasteiger partial charge on any atom is -0.364 e. The van der Waals surface area contributed by atoms with Crippen LogP contribution in [0.3, 0.4) is 0 Å². The molecule has 3 rings (SSSR count). The predicted molar refractivity (Wildman–Crippen MR) is 81.9 cm³/mol. The zero-order valence-electron chi connectivity index (χ0n) is 13.0. The standard InChI is InChI=1S/C17H26N2O2/c1-13-10-17(13)8-9-19(11-14(17)2)16(20)18-21-12-15-6-4-3-5-7-15/h3-7,13-14,16,18,20H,8-12H2,1-2H3/t13-,14+,16?,17?/m1/s1. The highest BCUT2D eigenvalue weighted by atomic mass is 16.7. The smallest absolute Gasteiger partial charge is 0.185 e. The Hall–Kier alpha value is -0.940. The summed E-state index contributed by atoms with van der Waals surface area (Å²) in [5, 5.41) is 10.2. The molecule has 4 heteroatoms. The Bertz CT molecular complexity index is 467. The van der Waals surface area contributed by atoms with Crippen LogP contribution in [0, 0.1) is 17.3 Å². The largest absolute Gasteiger partial charge is 0.364 e. The van der Waals surface area contributed by atoms with Crippen molar-refractivity contribution in [2.75, 3.05) is 13.1 Å². The first-order valence-electron chi connectivity index (χ1n) is 7.95. The molecule has 1 spiro atoms. The summed E-state index contributed by atoms with van der Waals surface area (Å²) < 4.78 is 0. The van der Waals surface area contributed by atoms with E-state index in [9.17, 15) is 5.11 Å². The predicted octanol–water partition coefficient (Wildman–Crippen LogP) is 2.35. The van der Waals surface area contributed by atoms with Crippen LogP contribution in [-0.2, 0) is 11.4 Å². The number of piperidine rings is 1. The maximum absolute atomic E-state index is 10.2. The quantitative estimate of drug-likeness (QED) is 0.645. The average molecular weight is 290 g/mol. The van der Waals surface area contributed by atoms with E-state index >= 15 is 0 Å². The fourth-order valence-electron chi connectivity index (χ4n) is 3.84. The van der Waals surface area contributed by atoms with Crippen LogP contribution < -0.4 is 5.48 Å². The lowest BCUT2D eigenvalue weighted by molar-refractivity contribution is -0.149. The molecule has 2 N–H and O–H groups in total. The molecular formula is C17H26N2O2. The molecule has 2 unspecified atom stereocenters. The minimum atomic E-state index is -0.720. The lowest BCUT2D eigenvalue weighted by atomic mass is 9.82. The lowest BCUT2D eigenvalue weighted by Gasteiger charge is -2.40. The molecule has 1 aromatic carbocycles. The number of nitrogens with one attached hydrogen (secondary N) is 1. The second-order valence-electron chi connectivity index (χ2n) is 6.75. The molecule has 0 radical (unpaired) electrons. The van der Waals surface area contributed by atoms with Gasteiger partial charge in [0.25, 0.3) is 0 Å². The fourth-order valence-corrected chi connectivity index (χ4v) is 3.84. The summed E-state index contributed by atoms with van der Waals surface area (Å²) in [7, 11) is 0. The van der Waals surface area contributed by atoms with E-state index < -0.39 is 6.35 Å². The third-order valence-electron chi connectivity index (χ3n) is 5.48. The molecule has 116 valence electrons. The zero-order valence-corrected chi connectivity index (χ0v) is 13.0. The number of aliphatic hydroxyl groups excluding tert-OH is 1. The highest BCUT2D eigenvalue weighted by Gasteiger charge is 2.56. The van der Waals surface area contributed by atoms with Crippen LogP contribution in [0.15, 0.2) is 30.3 Å². The molecule has 2 fully saturated rings. The van der Waals surface area contributed by atoms with Gasteiger partial charge >= 0.3 is 0 Å². The fraction of sp³-hybridized carbons (Fsp3) is 0.647. The molecule has 0 aromatic heterocycles. The number of likely N-dealkylation sites (tertiary alicyclic amines) is 1. The van der Waals surface area contributed by atoms with Gasteiger partial charge in [0.05, 0.1) is 6.61 Å². The number of hydrogen-bond acceptors (Lipinski definition) is 4. The zero-order chi connectivity index (χ0) is 14.9. The van der Waals surface area contributed by atoms with E-state index in [-0.39, 0.29) is 0 Å². The van der Waals surface area contributed by atoms with Crippen LogP contribution in [0.5, 0.6) is 0 Å². The van der Waals surface area contributed by atoms with Gasteiger partial charge in [0, 0.05) is 13.1 Å². The molecule has 1 aliphatic carbocycles. The van der Waals surface area contributed by atoms with Crippen molar-refractivity contribution in [1.82, 2.24) is 10.4 Å². The van der Waals surface area contributed by atoms with Gasteiger partial charge in [0.15, 0.2) is 6.35 Å². The van der Waals surface area contributed by atoms with Crippen molar-refractivity contribution in [1.29, 1.82) is 0 Å². The normalized spacial score (nSPS) is 34.0. The Labute approximate surface area is 127 Å². The highest BCUT2D eigenvalue weighted by molar-refractivity contribution is 5.13. The van der Waals surface area contributed by atoms with Gasteiger partial charge in [-0.2, -0.15) is 5.48 Å². The van der Waals surface area contributed by atoms with E-state index in [2.05, 4.69) is 24.2 Å². The Morgan fingerprint density at radius 2 is 2.05 bits per heavy atom. The van der Waals surface area contributed by atoms with E-state index in [0.717, 1.165) is 24.6 Å². The number of aliphatic hydroxyl groups is 1. The summed E-state index contributed by atoms with van der Waals surface area (Å²) in [4.78, 5) is 7.49. The third kappa shape index (κ3) is 3.14. The molecule has 1 aliphatic heterocycles. The van der Waals surface area contributed by atoms with Crippen LogP contribution in [0.1, 0.15) is 32.3 Å². The minimum absolute atomic E-state index is 0.461. The van der Waals surface area contributed by atoms with Gasteiger partial charge in [0.2, 0.25) is 0 Å². The molecule has 0 amide bonds. The molecule has 2 aliphatic rings. The molecular weight excluding hydrogens is 264 g/mol. The van der Waals surface area contributed by atoms with Crippen LogP contribution >= 0.6 is 0 Å². The monoisotopic (exact) mass is 290 g/mol. The topological polar surface area (TPSA) is 44.7 Å². The molecule has 4 nitrogen and oxygen atoms in total. The highest BCUT2D eigenvalue weighted by Crippen LogP contribution is 2.61. The third-order valence-corrected chi connectivity index (χ3v) is 5.48. The summed E-state index contributed by atoms with van der Waals surface area (Å²) in [5.41, 5.74) is 4.41. The Balaban J connectivity index is 1.43. The number of rotatable bonds is 5. The van der Waals surface area contributed by atoms with Gasteiger partial charge in [-0.15, -0.1) is 0 Å². The lowest BCUT2D eigenvalue weighted by Crippen LogP contribution is -2.52. The number of hydrogen-bond donors (Lipinski definition) is 2. The first-order chi connectivity index (χ1) is 10.1. The summed E-state index contributed by atoms with van der Waals surface area (Å²) in [6.07, 6.45) is 1.82. The molecule has 1 aromatic rings. The summed E-state index contributed by atoms with van der Waals surface area (Å²) in [6, 6.07) is 9.97. The Kier molecular flexibility index (Phi) is 4.31. The average Bonchev–Trinajstić information content (AvgIpc) is 3.14. The molecule has 1 saturated heterocycles. The summed E-state index contributed by atoms with van der Waals surface area (Å²) in [6.45, 7) is 7.00. The van der Waals surface area contributed by atoms with Gasteiger partial charge in [-0.3, -0.25) is 9.74 Å². The summed E-state index contributed by atoms with van der Waals surface area (Å²) in [5.74, 6) is 1.50. The van der Waals surface area contributed by atoms with E-state index in [4.69, 9.17) is 4.84 Å². The number of hydroxylamine groups is 1. The van der Waals surface area contributed by atoms with Crippen molar-refractivity contribution >= 4 is 0 Å². The first kappa shape index (κ1) is 15.0. The van der Waals surface area contributed by atoms with Gasteiger partial charge in [-0.1, -0.05) is 44.2 Å². The SMILES string of the molecule is C[C@@H]1CC12CCN(C(O)NOCc1ccccc1)C[C@@H]2C. The molecule has 1 saturated carbocycles. The molecule has 0 bridgehead atoms.